The van der Waals surface area contributed by atoms with E-state index in [-0.39, 0.29) is 5.91 Å². The first kappa shape index (κ1) is 16.7. The molecule has 0 bridgehead atoms. The maximum atomic E-state index is 12.7. The van der Waals surface area contributed by atoms with Crippen molar-refractivity contribution in [1.29, 1.82) is 0 Å². The van der Waals surface area contributed by atoms with Crippen LogP contribution in [0.5, 0.6) is 0 Å². The molecule has 2 aromatic carbocycles. The van der Waals surface area contributed by atoms with Gasteiger partial charge in [-0.3, -0.25) is 9.69 Å². The molecule has 1 atom stereocenters. The third-order valence-electron chi connectivity index (χ3n) is 4.91. The van der Waals surface area contributed by atoms with Crippen molar-refractivity contribution in [3.8, 4) is 11.1 Å². The molecule has 126 valence electrons. The molecule has 3 nitrogen and oxygen atoms in total. The number of carbonyl (C=O) groups is 1. The number of benzene rings is 2. The first-order valence-electron chi connectivity index (χ1n) is 8.96. The molecule has 1 saturated heterocycles. The summed E-state index contributed by atoms with van der Waals surface area (Å²) in [5.74, 6) is 0.0241. The Kier molecular flexibility index (Phi) is 5.65. The van der Waals surface area contributed by atoms with Crippen molar-refractivity contribution in [3.63, 3.8) is 0 Å². The van der Waals surface area contributed by atoms with E-state index in [1.807, 2.05) is 54.6 Å². The molecule has 1 aliphatic rings. The summed E-state index contributed by atoms with van der Waals surface area (Å²) in [6, 6.07) is 18.4. The second kappa shape index (κ2) is 8.11. The van der Waals surface area contributed by atoms with Crippen LogP contribution in [-0.2, 0) is 0 Å². The second-order valence-corrected chi connectivity index (χ2v) is 6.40. The van der Waals surface area contributed by atoms with Gasteiger partial charge in [0.1, 0.15) is 0 Å². The van der Waals surface area contributed by atoms with Crippen LogP contribution in [0.3, 0.4) is 0 Å². The highest BCUT2D eigenvalue weighted by Crippen LogP contribution is 2.23. The first-order chi connectivity index (χ1) is 11.8. The summed E-state index contributed by atoms with van der Waals surface area (Å²) in [4.78, 5) is 15.2. The predicted octanol–water partition coefficient (Wildman–Crippen LogP) is 3.96. The molecule has 0 aliphatic carbocycles. The van der Waals surface area contributed by atoms with Gasteiger partial charge in [0.25, 0.3) is 5.91 Å². The van der Waals surface area contributed by atoms with E-state index < -0.39 is 0 Å². The maximum Gasteiger partial charge on any atom is 0.251 e. The van der Waals surface area contributed by atoms with Crippen molar-refractivity contribution in [1.82, 2.24) is 10.2 Å². The molecular formula is C21H26N2O. The third kappa shape index (κ3) is 3.85. The highest BCUT2D eigenvalue weighted by atomic mass is 16.1. The Hall–Kier alpha value is -2.13. The number of nitrogens with zero attached hydrogens (tertiary/aromatic N) is 1. The van der Waals surface area contributed by atoms with Gasteiger partial charge in [-0.15, -0.1) is 0 Å². The summed E-state index contributed by atoms with van der Waals surface area (Å²) in [5.41, 5.74) is 2.82. The minimum Gasteiger partial charge on any atom is -0.350 e. The van der Waals surface area contributed by atoms with Gasteiger partial charge in [-0.2, -0.15) is 0 Å². The number of hydrogen-bond acceptors (Lipinski definition) is 2. The number of hydrogen-bond donors (Lipinski definition) is 1. The zero-order valence-electron chi connectivity index (χ0n) is 14.4. The van der Waals surface area contributed by atoms with Crippen LogP contribution in [0.15, 0.2) is 54.6 Å². The SMILES string of the molecule is CCN1CCCCC1CNC(=O)c1ccccc1-c1ccccc1. The van der Waals surface area contributed by atoms with Gasteiger partial charge in [0.05, 0.1) is 0 Å². The summed E-state index contributed by atoms with van der Waals surface area (Å²) < 4.78 is 0. The molecule has 1 aliphatic heterocycles. The standard InChI is InChI=1S/C21H26N2O/c1-2-23-15-9-8-12-18(23)16-22-21(24)20-14-7-6-13-19(20)17-10-4-3-5-11-17/h3-7,10-11,13-14,18H,2,8-9,12,15-16H2,1H3,(H,22,24). The number of carbonyl (C=O) groups excluding carboxylic acids is 1. The predicted molar refractivity (Wildman–Crippen MR) is 99.1 cm³/mol. The fourth-order valence-corrected chi connectivity index (χ4v) is 3.56. The highest BCUT2D eigenvalue weighted by molar-refractivity contribution is 6.00. The smallest absolute Gasteiger partial charge is 0.251 e. The van der Waals surface area contributed by atoms with Crippen LogP contribution in [0.1, 0.15) is 36.5 Å². The molecular weight excluding hydrogens is 296 g/mol. The topological polar surface area (TPSA) is 32.3 Å². The van der Waals surface area contributed by atoms with Gasteiger partial charge in [0.15, 0.2) is 0 Å². The molecule has 0 saturated carbocycles. The van der Waals surface area contributed by atoms with Gasteiger partial charge in [0, 0.05) is 18.2 Å². The lowest BCUT2D eigenvalue weighted by atomic mass is 9.98. The number of likely N-dealkylation sites (tertiary alicyclic amines) is 1. The van der Waals surface area contributed by atoms with Gasteiger partial charge >= 0.3 is 0 Å². The second-order valence-electron chi connectivity index (χ2n) is 6.40. The summed E-state index contributed by atoms with van der Waals surface area (Å²) in [7, 11) is 0. The summed E-state index contributed by atoms with van der Waals surface area (Å²) >= 11 is 0. The molecule has 2 aromatic rings. The van der Waals surface area contributed by atoms with E-state index in [9.17, 15) is 4.79 Å². The molecule has 1 amide bonds. The fourth-order valence-electron chi connectivity index (χ4n) is 3.56. The number of rotatable bonds is 5. The van der Waals surface area contributed by atoms with E-state index in [4.69, 9.17) is 0 Å². The zero-order valence-corrected chi connectivity index (χ0v) is 14.4. The highest BCUT2D eigenvalue weighted by Gasteiger charge is 2.22. The van der Waals surface area contributed by atoms with E-state index in [1.54, 1.807) is 0 Å². The Morgan fingerprint density at radius 2 is 1.83 bits per heavy atom. The lowest BCUT2D eigenvalue weighted by molar-refractivity contribution is 0.0918. The van der Waals surface area contributed by atoms with Gasteiger partial charge < -0.3 is 5.32 Å². The van der Waals surface area contributed by atoms with Crippen molar-refractivity contribution in [2.45, 2.75) is 32.2 Å². The van der Waals surface area contributed by atoms with Gasteiger partial charge in [-0.25, -0.2) is 0 Å². The van der Waals surface area contributed by atoms with Crippen molar-refractivity contribution in [2.75, 3.05) is 19.6 Å². The van der Waals surface area contributed by atoms with E-state index in [2.05, 4.69) is 17.1 Å². The molecule has 1 heterocycles. The van der Waals surface area contributed by atoms with Crippen LogP contribution in [0.4, 0.5) is 0 Å². The minimum atomic E-state index is 0.0241. The third-order valence-corrected chi connectivity index (χ3v) is 4.91. The van der Waals surface area contributed by atoms with Gasteiger partial charge in [-0.1, -0.05) is 61.9 Å². The maximum absolute atomic E-state index is 12.7. The number of nitrogens with one attached hydrogen (secondary N) is 1. The molecule has 1 unspecified atom stereocenters. The van der Waals surface area contributed by atoms with E-state index >= 15 is 0 Å². The normalized spacial score (nSPS) is 18.3. The Morgan fingerprint density at radius 3 is 2.62 bits per heavy atom. The summed E-state index contributed by atoms with van der Waals surface area (Å²) in [5, 5.41) is 3.16. The summed E-state index contributed by atoms with van der Waals surface area (Å²) in [6.45, 7) is 5.14. The van der Waals surface area contributed by atoms with Crippen molar-refractivity contribution in [2.24, 2.45) is 0 Å². The fraction of sp³-hybridized carbons (Fsp3) is 0.381. The van der Waals surface area contributed by atoms with Crippen LogP contribution >= 0.6 is 0 Å². The van der Waals surface area contributed by atoms with Crippen molar-refractivity contribution >= 4 is 5.91 Å². The number of likely N-dealkylation sites (N-methyl/N-ethyl adjacent to an activating group) is 1. The Bertz CT molecular complexity index is 669. The van der Waals surface area contributed by atoms with Crippen LogP contribution in [0.25, 0.3) is 11.1 Å². The average Bonchev–Trinajstić information content (AvgIpc) is 2.67. The monoisotopic (exact) mass is 322 g/mol. The average molecular weight is 322 g/mol. The molecule has 3 heteroatoms. The Labute approximate surface area is 144 Å². The van der Waals surface area contributed by atoms with Crippen LogP contribution in [0.2, 0.25) is 0 Å². The van der Waals surface area contributed by atoms with E-state index in [0.29, 0.717) is 6.04 Å². The molecule has 0 aromatic heterocycles. The molecule has 1 fully saturated rings. The van der Waals surface area contributed by atoms with Crippen LogP contribution in [-0.4, -0.2) is 36.5 Å². The lowest BCUT2D eigenvalue weighted by Gasteiger charge is -2.34. The van der Waals surface area contributed by atoms with Crippen LogP contribution in [0, 0.1) is 0 Å². The molecule has 24 heavy (non-hydrogen) atoms. The molecule has 3 rings (SSSR count). The van der Waals surface area contributed by atoms with Crippen molar-refractivity contribution in [3.05, 3.63) is 60.2 Å². The quantitative estimate of drug-likeness (QED) is 0.904. The van der Waals surface area contributed by atoms with Gasteiger partial charge in [0.2, 0.25) is 0 Å². The largest absolute Gasteiger partial charge is 0.350 e. The van der Waals surface area contributed by atoms with Gasteiger partial charge in [-0.05, 0) is 43.1 Å². The lowest BCUT2D eigenvalue weighted by Crippen LogP contribution is -2.46. The zero-order chi connectivity index (χ0) is 16.8. The van der Waals surface area contributed by atoms with E-state index in [1.165, 1.54) is 19.3 Å². The van der Waals surface area contributed by atoms with Crippen molar-refractivity contribution < 1.29 is 4.79 Å². The summed E-state index contributed by atoms with van der Waals surface area (Å²) in [6.07, 6.45) is 3.71. The Morgan fingerprint density at radius 1 is 1.08 bits per heavy atom. The Balaban J connectivity index is 1.72. The molecule has 0 spiro atoms. The van der Waals surface area contributed by atoms with E-state index in [0.717, 1.165) is 36.3 Å². The molecule has 1 N–H and O–H groups in total. The number of piperidine rings is 1. The molecule has 0 radical (unpaired) electrons. The van der Waals surface area contributed by atoms with Crippen LogP contribution < -0.4 is 5.32 Å². The first-order valence-corrected chi connectivity index (χ1v) is 8.96. The number of amides is 1. The minimum absolute atomic E-state index is 0.0241.